The molecule has 2 amide bonds. The smallest absolute Gasteiger partial charge is 0.319 e. The highest BCUT2D eigenvalue weighted by atomic mass is 16.3. The lowest BCUT2D eigenvalue weighted by Crippen LogP contribution is -2.39. The number of aromatic hydroxyl groups is 2. The standard InChI is InChI=1S/C18H28N2O3/c1-2-3-5-8-13-11-15(21)17(16(22)12-13)20-18(23)19-14-9-6-4-7-10-14/h11-12,14,21-22H,2-10H2,1H3,(H2,19,20,23). The first kappa shape index (κ1) is 17.4. The Morgan fingerprint density at radius 2 is 1.78 bits per heavy atom. The molecule has 0 aromatic heterocycles. The minimum atomic E-state index is -0.374. The molecule has 0 radical (unpaired) electrons. The Kier molecular flexibility index (Phi) is 6.56. The van der Waals surface area contributed by atoms with E-state index >= 15 is 0 Å². The second kappa shape index (κ2) is 8.65. The summed E-state index contributed by atoms with van der Waals surface area (Å²) in [6, 6.07) is 3.04. The number of phenolic OH excluding ortho intramolecular Hbond substituents is 2. The highest BCUT2D eigenvalue weighted by Crippen LogP contribution is 2.35. The van der Waals surface area contributed by atoms with E-state index in [2.05, 4.69) is 17.6 Å². The lowest BCUT2D eigenvalue weighted by molar-refractivity contribution is 0.244. The van der Waals surface area contributed by atoms with E-state index in [-0.39, 0.29) is 29.3 Å². The van der Waals surface area contributed by atoms with Gasteiger partial charge < -0.3 is 20.8 Å². The quantitative estimate of drug-likeness (QED) is 0.466. The minimum absolute atomic E-state index is 0.0811. The molecule has 4 N–H and O–H groups in total. The monoisotopic (exact) mass is 320 g/mol. The Bertz CT molecular complexity index is 502. The van der Waals surface area contributed by atoms with Gasteiger partial charge in [-0.1, -0.05) is 39.0 Å². The molecule has 0 unspecified atom stereocenters. The normalized spacial score (nSPS) is 15.3. The van der Waals surface area contributed by atoms with Crippen LogP contribution in [-0.2, 0) is 6.42 Å². The Morgan fingerprint density at radius 1 is 1.13 bits per heavy atom. The number of hydrogen-bond acceptors (Lipinski definition) is 3. The largest absolute Gasteiger partial charge is 0.506 e. The average molecular weight is 320 g/mol. The molecule has 0 spiro atoms. The zero-order valence-corrected chi connectivity index (χ0v) is 13.9. The molecule has 1 aromatic rings. The first-order valence-electron chi connectivity index (χ1n) is 8.72. The van der Waals surface area contributed by atoms with Gasteiger partial charge in [-0.2, -0.15) is 0 Å². The summed E-state index contributed by atoms with van der Waals surface area (Å²) in [7, 11) is 0. The van der Waals surface area contributed by atoms with Gasteiger partial charge >= 0.3 is 6.03 Å². The molecule has 0 aliphatic heterocycles. The van der Waals surface area contributed by atoms with Crippen LogP contribution < -0.4 is 10.6 Å². The molecule has 23 heavy (non-hydrogen) atoms. The lowest BCUT2D eigenvalue weighted by Gasteiger charge is -2.23. The van der Waals surface area contributed by atoms with Crippen molar-refractivity contribution in [3.8, 4) is 11.5 Å². The van der Waals surface area contributed by atoms with Gasteiger partial charge in [0.2, 0.25) is 0 Å². The van der Waals surface area contributed by atoms with E-state index in [1.54, 1.807) is 12.1 Å². The van der Waals surface area contributed by atoms with Crippen molar-refractivity contribution in [1.82, 2.24) is 5.32 Å². The molecule has 0 heterocycles. The van der Waals surface area contributed by atoms with Gasteiger partial charge in [0, 0.05) is 6.04 Å². The number of phenols is 2. The maximum absolute atomic E-state index is 12.0. The molecule has 0 saturated heterocycles. The molecule has 0 atom stereocenters. The van der Waals surface area contributed by atoms with Crippen LogP contribution in [0.1, 0.15) is 63.9 Å². The SMILES string of the molecule is CCCCCc1cc(O)c(NC(=O)NC2CCCCC2)c(O)c1. The Hall–Kier alpha value is -1.91. The van der Waals surface area contributed by atoms with Crippen molar-refractivity contribution in [3.05, 3.63) is 17.7 Å². The van der Waals surface area contributed by atoms with Gasteiger partial charge in [0.1, 0.15) is 17.2 Å². The van der Waals surface area contributed by atoms with E-state index in [1.807, 2.05) is 0 Å². The highest BCUT2D eigenvalue weighted by molar-refractivity contribution is 5.93. The van der Waals surface area contributed by atoms with E-state index < -0.39 is 0 Å². The molecule has 128 valence electrons. The summed E-state index contributed by atoms with van der Waals surface area (Å²) in [4.78, 5) is 12.0. The maximum atomic E-state index is 12.0. The van der Waals surface area contributed by atoms with Crippen molar-refractivity contribution in [1.29, 1.82) is 0 Å². The Morgan fingerprint density at radius 3 is 2.39 bits per heavy atom. The number of hydrogen-bond donors (Lipinski definition) is 4. The van der Waals surface area contributed by atoms with Crippen molar-refractivity contribution in [2.24, 2.45) is 0 Å². The number of carbonyl (C=O) groups excluding carboxylic acids is 1. The lowest BCUT2D eigenvalue weighted by atomic mass is 9.96. The molecule has 5 nitrogen and oxygen atoms in total. The Labute approximate surface area is 138 Å². The number of benzene rings is 1. The summed E-state index contributed by atoms with van der Waals surface area (Å²) in [5.41, 5.74) is 0.962. The fourth-order valence-electron chi connectivity index (χ4n) is 3.10. The summed E-state index contributed by atoms with van der Waals surface area (Å²) in [5.74, 6) is -0.175. The van der Waals surface area contributed by atoms with Gasteiger partial charge in [-0.15, -0.1) is 0 Å². The average Bonchev–Trinajstić information content (AvgIpc) is 2.52. The number of anilines is 1. The van der Waals surface area contributed by atoms with Gasteiger partial charge in [0.15, 0.2) is 0 Å². The summed E-state index contributed by atoms with van der Waals surface area (Å²) in [6.07, 6.45) is 9.53. The maximum Gasteiger partial charge on any atom is 0.319 e. The number of aryl methyl sites for hydroxylation is 1. The topological polar surface area (TPSA) is 81.6 Å². The van der Waals surface area contributed by atoms with E-state index in [9.17, 15) is 15.0 Å². The molecule has 1 aliphatic carbocycles. The molecule has 2 rings (SSSR count). The van der Waals surface area contributed by atoms with Crippen LogP contribution in [0.4, 0.5) is 10.5 Å². The first-order chi connectivity index (χ1) is 11.1. The molecule has 1 aromatic carbocycles. The second-order valence-corrected chi connectivity index (χ2v) is 6.40. The van der Waals surface area contributed by atoms with Gasteiger partial charge in [-0.05, 0) is 43.4 Å². The number of nitrogens with one attached hydrogen (secondary N) is 2. The van der Waals surface area contributed by atoms with Crippen molar-refractivity contribution < 1.29 is 15.0 Å². The van der Waals surface area contributed by atoms with Gasteiger partial charge in [0.05, 0.1) is 0 Å². The first-order valence-corrected chi connectivity index (χ1v) is 8.72. The summed E-state index contributed by atoms with van der Waals surface area (Å²) in [5, 5.41) is 25.6. The summed E-state index contributed by atoms with van der Waals surface area (Å²) < 4.78 is 0. The van der Waals surface area contributed by atoms with E-state index in [0.717, 1.165) is 56.9 Å². The number of unbranched alkanes of at least 4 members (excludes halogenated alkanes) is 2. The van der Waals surface area contributed by atoms with E-state index in [0.29, 0.717) is 0 Å². The van der Waals surface area contributed by atoms with Crippen LogP contribution in [0.15, 0.2) is 12.1 Å². The zero-order valence-electron chi connectivity index (χ0n) is 13.9. The number of rotatable bonds is 6. The third kappa shape index (κ3) is 5.34. The van der Waals surface area contributed by atoms with Crippen molar-refractivity contribution in [2.75, 3.05) is 5.32 Å². The summed E-state index contributed by atoms with van der Waals surface area (Å²) in [6.45, 7) is 2.13. The molecule has 5 heteroatoms. The van der Waals surface area contributed by atoms with Crippen LogP contribution in [0.2, 0.25) is 0 Å². The third-order valence-electron chi connectivity index (χ3n) is 4.40. The fourth-order valence-corrected chi connectivity index (χ4v) is 3.10. The third-order valence-corrected chi connectivity index (χ3v) is 4.40. The second-order valence-electron chi connectivity index (χ2n) is 6.40. The van der Waals surface area contributed by atoms with Gasteiger partial charge in [-0.25, -0.2) is 4.79 Å². The molecule has 1 saturated carbocycles. The molecular weight excluding hydrogens is 292 g/mol. The predicted molar refractivity (Wildman–Crippen MR) is 92.0 cm³/mol. The summed E-state index contributed by atoms with van der Waals surface area (Å²) >= 11 is 0. The molecular formula is C18H28N2O3. The van der Waals surface area contributed by atoms with E-state index in [4.69, 9.17) is 0 Å². The minimum Gasteiger partial charge on any atom is -0.506 e. The van der Waals surface area contributed by atoms with E-state index in [1.165, 1.54) is 6.42 Å². The predicted octanol–water partition coefficient (Wildman–Crippen LogP) is 4.28. The van der Waals surface area contributed by atoms with Crippen LogP contribution in [-0.4, -0.2) is 22.3 Å². The zero-order chi connectivity index (χ0) is 16.7. The van der Waals surface area contributed by atoms with Gasteiger partial charge in [-0.3, -0.25) is 0 Å². The molecule has 1 fully saturated rings. The van der Waals surface area contributed by atoms with Crippen molar-refractivity contribution in [3.63, 3.8) is 0 Å². The molecule has 0 bridgehead atoms. The molecule has 1 aliphatic rings. The van der Waals surface area contributed by atoms with Crippen LogP contribution in [0, 0.1) is 0 Å². The van der Waals surface area contributed by atoms with Crippen LogP contribution in [0.5, 0.6) is 11.5 Å². The van der Waals surface area contributed by atoms with Crippen LogP contribution in [0.25, 0.3) is 0 Å². The van der Waals surface area contributed by atoms with Crippen molar-refractivity contribution >= 4 is 11.7 Å². The number of amides is 2. The van der Waals surface area contributed by atoms with Crippen LogP contribution in [0.3, 0.4) is 0 Å². The fraction of sp³-hybridized carbons (Fsp3) is 0.611. The van der Waals surface area contributed by atoms with Crippen LogP contribution >= 0.6 is 0 Å². The van der Waals surface area contributed by atoms with Crippen molar-refractivity contribution in [2.45, 2.75) is 70.8 Å². The van der Waals surface area contributed by atoms with Gasteiger partial charge in [0.25, 0.3) is 0 Å². The highest BCUT2D eigenvalue weighted by Gasteiger charge is 2.18. The number of carbonyl (C=O) groups is 1. The number of urea groups is 1. The Balaban J connectivity index is 1.94.